The quantitative estimate of drug-likeness (QED) is 0.527. The van der Waals surface area contributed by atoms with E-state index in [0.717, 1.165) is 38.0 Å². The number of sulfonamides is 2. The average molecular weight is 526 g/mol. The van der Waals surface area contributed by atoms with E-state index < -0.39 is 20.0 Å². The van der Waals surface area contributed by atoms with Crippen LogP contribution in [-0.4, -0.2) is 81.9 Å². The molecular formula is C26H43N3O4S2. The number of nitrogens with zero attached hydrogens (tertiary/aromatic N) is 3. The van der Waals surface area contributed by atoms with Crippen LogP contribution in [0.1, 0.15) is 57.4 Å². The summed E-state index contributed by atoms with van der Waals surface area (Å²) in [6.45, 7) is 11.4. The predicted octanol–water partition coefficient (Wildman–Crippen LogP) is 3.87. The summed E-state index contributed by atoms with van der Waals surface area (Å²) in [6.07, 6.45) is 7.89. The highest BCUT2D eigenvalue weighted by atomic mass is 32.2. The van der Waals surface area contributed by atoms with Gasteiger partial charge in [0.05, 0.1) is 10.6 Å². The van der Waals surface area contributed by atoms with Crippen LogP contribution in [0, 0.1) is 12.8 Å². The number of rotatable bonds is 6. The van der Waals surface area contributed by atoms with Gasteiger partial charge in [0.2, 0.25) is 20.0 Å². The maximum Gasteiger partial charge on any atom is 0.243 e. The van der Waals surface area contributed by atoms with Crippen LogP contribution < -0.4 is 0 Å². The molecule has 0 atom stereocenters. The minimum atomic E-state index is -3.72. The molecule has 0 radical (unpaired) electrons. The molecule has 0 unspecified atom stereocenters. The van der Waals surface area contributed by atoms with Crippen LogP contribution in [0.3, 0.4) is 0 Å². The lowest BCUT2D eigenvalue weighted by molar-refractivity contribution is 0.188. The van der Waals surface area contributed by atoms with E-state index in [-0.39, 0.29) is 23.7 Å². The predicted molar refractivity (Wildman–Crippen MR) is 142 cm³/mol. The van der Waals surface area contributed by atoms with Gasteiger partial charge in [0.25, 0.3) is 0 Å². The molecule has 1 aromatic carbocycles. The number of hydrogen-bond donors (Lipinski definition) is 0. The molecule has 0 spiro atoms. The van der Waals surface area contributed by atoms with Gasteiger partial charge in [0.15, 0.2) is 0 Å². The molecule has 1 saturated carbocycles. The molecule has 0 bridgehead atoms. The molecule has 1 aromatic rings. The third-order valence-corrected chi connectivity index (χ3v) is 10.9. The monoisotopic (exact) mass is 525 g/mol. The van der Waals surface area contributed by atoms with E-state index in [0.29, 0.717) is 24.6 Å². The summed E-state index contributed by atoms with van der Waals surface area (Å²) in [4.78, 5) is 2.69. The molecule has 35 heavy (non-hydrogen) atoms. The molecule has 7 nitrogen and oxygen atoms in total. The van der Waals surface area contributed by atoms with Crippen molar-refractivity contribution in [2.45, 2.75) is 63.7 Å². The molecule has 3 rings (SSSR count). The zero-order chi connectivity index (χ0) is 25.5. The average Bonchev–Trinajstić information content (AvgIpc) is 2.82. The number of hydrogen-bond acceptors (Lipinski definition) is 5. The van der Waals surface area contributed by atoms with Crippen molar-refractivity contribution in [3.8, 4) is 0 Å². The summed E-state index contributed by atoms with van der Waals surface area (Å²) in [7, 11) is -7.13. The van der Waals surface area contributed by atoms with E-state index in [9.17, 15) is 16.8 Å². The Morgan fingerprint density at radius 1 is 0.829 bits per heavy atom. The Bertz CT molecular complexity index is 1030. The van der Waals surface area contributed by atoms with Gasteiger partial charge >= 0.3 is 0 Å². The highest BCUT2D eigenvalue weighted by Gasteiger charge is 2.28. The maximum absolute atomic E-state index is 13.5. The largest absolute Gasteiger partial charge is 0.303 e. The van der Waals surface area contributed by atoms with Gasteiger partial charge in [-0.15, -0.1) is 0 Å². The lowest BCUT2D eigenvalue weighted by Gasteiger charge is -2.32. The maximum atomic E-state index is 13.5. The van der Waals surface area contributed by atoms with Gasteiger partial charge in [-0.05, 0) is 76.2 Å². The normalized spacial score (nSPS) is 21.9. The van der Waals surface area contributed by atoms with Crippen molar-refractivity contribution in [1.29, 1.82) is 0 Å². The topological polar surface area (TPSA) is 78.0 Å². The highest BCUT2D eigenvalue weighted by molar-refractivity contribution is 7.89. The molecule has 1 saturated heterocycles. The summed E-state index contributed by atoms with van der Waals surface area (Å²) in [6, 6.07) is 6.90. The molecule has 1 heterocycles. The second-order valence-electron chi connectivity index (χ2n) is 10.1. The fraction of sp³-hybridized carbons (Fsp3) is 0.692. The minimum absolute atomic E-state index is 0.0252. The Balaban J connectivity index is 1.82. The van der Waals surface area contributed by atoms with E-state index in [1.165, 1.54) is 40.7 Å². The zero-order valence-corrected chi connectivity index (χ0v) is 23.1. The van der Waals surface area contributed by atoms with Crippen molar-refractivity contribution in [1.82, 2.24) is 13.5 Å². The second kappa shape index (κ2) is 12.8. The molecule has 0 amide bonds. The standard InChI is InChI=1S/C26H43N3O4S2/c1-4-34(30,31)28-18-8-16-27(22-25-10-6-5-7-11-25)17-9-19-29(21-24(3)20-28)35(32,33)26-14-12-23(2)13-15-26/h12-15,25H,3-11,16-22H2,1-2H3. The van der Waals surface area contributed by atoms with E-state index in [1.54, 1.807) is 31.2 Å². The van der Waals surface area contributed by atoms with Crippen molar-refractivity contribution in [2.75, 3.05) is 51.6 Å². The Labute approximate surface area is 213 Å². The molecule has 2 fully saturated rings. The van der Waals surface area contributed by atoms with E-state index in [2.05, 4.69) is 11.5 Å². The van der Waals surface area contributed by atoms with E-state index >= 15 is 0 Å². The molecule has 2 aliphatic rings. The first-order valence-corrected chi connectivity index (χ1v) is 16.1. The van der Waals surface area contributed by atoms with Crippen LogP contribution in [-0.2, 0) is 20.0 Å². The van der Waals surface area contributed by atoms with Gasteiger partial charge in [-0.2, -0.15) is 8.61 Å². The van der Waals surface area contributed by atoms with Crippen LogP contribution in [0.15, 0.2) is 41.3 Å². The molecule has 0 aromatic heterocycles. The summed E-state index contributed by atoms with van der Waals surface area (Å²) in [5.74, 6) is 0.705. The summed E-state index contributed by atoms with van der Waals surface area (Å²) in [5, 5.41) is 0. The van der Waals surface area contributed by atoms with E-state index in [4.69, 9.17) is 0 Å². The van der Waals surface area contributed by atoms with Crippen molar-refractivity contribution in [2.24, 2.45) is 5.92 Å². The molecule has 9 heteroatoms. The van der Waals surface area contributed by atoms with Crippen LogP contribution in [0.4, 0.5) is 0 Å². The molecule has 0 N–H and O–H groups in total. The second-order valence-corrected chi connectivity index (χ2v) is 14.3. The van der Waals surface area contributed by atoms with Crippen LogP contribution >= 0.6 is 0 Å². The van der Waals surface area contributed by atoms with Crippen molar-refractivity contribution in [3.05, 3.63) is 42.0 Å². The Morgan fingerprint density at radius 3 is 2.00 bits per heavy atom. The lowest BCUT2D eigenvalue weighted by Crippen LogP contribution is -2.42. The summed E-state index contributed by atoms with van der Waals surface area (Å²) < 4.78 is 55.6. The lowest BCUT2D eigenvalue weighted by atomic mass is 9.89. The third kappa shape index (κ3) is 8.12. The smallest absolute Gasteiger partial charge is 0.243 e. The SMILES string of the molecule is C=C1CN(S(=O)(=O)CC)CCCN(CC2CCCCC2)CCCN(S(=O)(=O)c2ccc(C)cc2)C1. The number of benzene rings is 1. The Hall–Kier alpha value is -1.26. The van der Waals surface area contributed by atoms with Crippen LogP contribution in [0.25, 0.3) is 0 Å². The third-order valence-electron chi connectivity index (χ3n) is 7.22. The van der Waals surface area contributed by atoms with Gasteiger partial charge in [-0.1, -0.05) is 43.5 Å². The first-order valence-electron chi connectivity index (χ1n) is 13.1. The van der Waals surface area contributed by atoms with Gasteiger partial charge < -0.3 is 4.90 Å². The summed E-state index contributed by atoms with van der Waals surface area (Å²) >= 11 is 0. The zero-order valence-electron chi connectivity index (χ0n) is 21.5. The molecule has 198 valence electrons. The fourth-order valence-corrected chi connectivity index (χ4v) is 7.81. The summed E-state index contributed by atoms with van der Waals surface area (Å²) in [5.41, 5.74) is 1.60. The van der Waals surface area contributed by atoms with Gasteiger partial charge in [0.1, 0.15) is 0 Å². The molecule has 1 aliphatic heterocycles. The van der Waals surface area contributed by atoms with Gasteiger partial charge in [-0.25, -0.2) is 16.8 Å². The highest BCUT2D eigenvalue weighted by Crippen LogP contribution is 2.25. The first kappa shape index (κ1) is 28.3. The number of aryl methyl sites for hydroxylation is 1. The van der Waals surface area contributed by atoms with Crippen LogP contribution in [0.5, 0.6) is 0 Å². The van der Waals surface area contributed by atoms with Crippen LogP contribution in [0.2, 0.25) is 0 Å². The van der Waals surface area contributed by atoms with E-state index in [1.807, 2.05) is 6.92 Å². The molecule has 1 aliphatic carbocycles. The van der Waals surface area contributed by atoms with Crippen molar-refractivity contribution in [3.63, 3.8) is 0 Å². The van der Waals surface area contributed by atoms with Crippen molar-refractivity contribution < 1.29 is 16.8 Å². The molecular weight excluding hydrogens is 482 g/mol. The minimum Gasteiger partial charge on any atom is -0.303 e. The Morgan fingerprint density at radius 2 is 1.40 bits per heavy atom. The fourth-order valence-electron chi connectivity index (χ4n) is 5.16. The Kier molecular flexibility index (Phi) is 10.4. The first-order chi connectivity index (χ1) is 16.6. The van der Waals surface area contributed by atoms with Gasteiger partial charge in [-0.3, -0.25) is 0 Å². The van der Waals surface area contributed by atoms with Crippen molar-refractivity contribution >= 4 is 20.0 Å². The van der Waals surface area contributed by atoms with Gasteiger partial charge in [0, 0.05) is 32.7 Å².